The van der Waals surface area contributed by atoms with Crippen LogP contribution in [0.25, 0.3) is 11.3 Å². The van der Waals surface area contributed by atoms with Crippen LogP contribution < -0.4 is 5.32 Å². The summed E-state index contributed by atoms with van der Waals surface area (Å²) in [5.74, 6) is -1.21. The molecule has 1 amide bonds. The van der Waals surface area contributed by atoms with E-state index in [2.05, 4.69) is 10.3 Å². The number of amides is 1. The van der Waals surface area contributed by atoms with E-state index in [0.717, 1.165) is 11.3 Å². The monoisotopic (exact) mass is 542 g/mol. The lowest BCUT2D eigenvalue weighted by molar-refractivity contribution is -0.115. The van der Waals surface area contributed by atoms with E-state index < -0.39 is 15.7 Å². The number of carbonyl (C=O) groups is 2. The number of aromatic nitrogens is 1. The molecule has 0 saturated carbocycles. The molecule has 0 atom stereocenters. The van der Waals surface area contributed by atoms with Crippen molar-refractivity contribution in [3.63, 3.8) is 0 Å². The molecule has 0 radical (unpaired) electrons. The number of anilines is 1. The number of ketones is 1. The summed E-state index contributed by atoms with van der Waals surface area (Å²) in [6.45, 7) is 1.57. The van der Waals surface area contributed by atoms with E-state index in [1.807, 2.05) is 0 Å². The van der Waals surface area contributed by atoms with Crippen molar-refractivity contribution in [3.05, 3.63) is 99.6 Å². The third-order valence-electron chi connectivity index (χ3n) is 5.31. The predicted octanol–water partition coefficient (Wildman–Crippen LogP) is 5.81. The Morgan fingerprint density at radius 3 is 2.36 bits per heavy atom. The first-order valence-corrected chi connectivity index (χ1v) is 13.7. The van der Waals surface area contributed by atoms with Crippen LogP contribution in [0.15, 0.2) is 77.7 Å². The molecule has 0 aliphatic heterocycles. The number of carbonyl (C=O) groups excluding carboxylic acids is 2. The van der Waals surface area contributed by atoms with E-state index >= 15 is 0 Å². The van der Waals surface area contributed by atoms with Crippen LogP contribution in [0.4, 0.5) is 9.52 Å². The van der Waals surface area contributed by atoms with Crippen LogP contribution in [0.1, 0.15) is 27.7 Å². The number of thiazole rings is 1. The van der Waals surface area contributed by atoms with Gasteiger partial charge in [-0.1, -0.05) is 54.1 Å². The van der Waals surface area contributed by atoms with Gasteiger partial charge in [0, 0.05) is 16.1 Å². The Kier molecular flexibility index (Phi) is 7.63. The number of rotatable bonds is 8. The fourth-order valence-electron chi connectivity index (χ4n) is 3.42. The van der Waals surface area contributed by atoms with Gasteiger partial charge in [-0.3, -0.25) is 9.59 Å². The number of halogens is 2. The van der Waals surface area contributed by atoms with E-state index in [0.29, 0.717) is 21.8 Å². The molecule has 0 fully saturated rings. The fraction of sp³-hybridized carbons (Fsp3) is 0.115. The van der Waals surface area contributed by atoms with Crippen molar-refractivity contribution in [1.29, 1.82) is 0 Å². The Bertz CT molecular complexity index is 1530. The van der Waals surface area contributed by atoms with Crippen molar-refractivity contribution in [2.75, 3.05) is 11.1 Å². The molecule has 36 heavy (non-hydrogen) atoms. The lowest BCUT2D eigenvalue weighted by Gasteiger charge is -2.04. The molecular weight excluding hydrogens is 523 g/mol. The minimum atomic E-state index is -3.33. The van der Waals surface area contributed by atoms with Crippen LogP contribution >= 0.6 is 22.9 Å². The van der Waals surface area contributed by atoms with Crippen LogP contribution in [-0.2, 0) is 21.1 Å². The molecule has 0 aliphatic rings. The van der Waals surface area contributed by atoms with Crippen molar-refractivity contribution in [2.45, 2.75) is 18.2 Å². The second-order valence-electron chi connectivity index (χ2n) is 7.82. The minimum Gasteiger partial charge on any atom is -0.302 e. The summed E-state index contributed by atoms with van der Waals surface area (Å²) in [6, 6.07) is 18.1. The van der Waals surface area contributed by atoms with Gasteiger partial charge in [-0.25, -0.2) is 17.8 Å². The summed E-state index contributed by atoms with van der Waals surface area (Å²) in [5.41, 5.74) is 1.85. The highest BCUT2D eigenvalue weighted by Gasteiger charge is 2.22. The van der Waals surface area contributed by atoms with E-state index in [9.17, 15) is 22.4 Å². The minimum absolute atomic E-state index is 0.00911. The molecule has 0 spiro atoms. The van der Waals surface area contributed by atoms with Crippen LogP contribution in [0.2, 0.25) is 5.02 Å². The largest absolute Gasteiger partial charge is 0.302 e. The smallest absolute Gasteiger partial charge is 0.230 e. The second kappa shape index (κ2) is 10.7. The van der Waals surface area contributed by atoms with E-state index in [1.165, 1.54) is 36.4 Å². The molecule has 6 nitrogen and oxygen atoms in total. The maximum absolute atomic E-state index is 13.4. The Morgan fingerprint density at radius 2 is 1.72 bits per heavy atom. The van der Waals surface area contributed by atoms with Gasteiger partial charge >= 0.3 is 0 Å². The zero-order valence-electron chi connectivity index (χ0n) is 19.0. The number of benzene rings is 3. The first-order chi connectivity index (χ1) is 17.2. The van der Waals surface area contributed by atoms with E-state index in [-0.39, 0.29) is 44.3 Å². The third-order valence-corrected chi connectivity index (χ3v) is 8.27. The Labute approximate surface area is 216 Å². The van der Waals surface area contributed by atoms with Crippen molar-refractivity contribution in [3.8, 4) is 11.3 Å². The topological polar surface area (TPSA) is 93.2 Å². The molecule has 4 rings (SSSR count). The molecule has 4 aromatic rings. The first-order valence-electron chi connectivity index (χ1n) is 10.8. The van der Waals surface area contributed by atoms with Gasteiger partial charge in [-0.05, 0) is 54.1 Å². The molecule has 1 N–H and O–H groups in total. The zero-order chi connectivity index (χ0) is 25.9. The highest BCUT2D eigenvalue weighted by molar-refractivity contribution is 7.91. The lowest BCUT2D eigenvalue weighted by Crippen LogP contribution is -2.14. The zero-order valence-corrected chi connectivity index (χ0v) is 21.4. The van der Waals surface area contributed by atoms with E-state index in [1.54, 1.807) is 43.3 Å². The summed E-state index contributed by atoms with van der Waals surface area (Å²) in [7, 11) is -3.33. The van der Waals surface area contributed by atoms with Crippen molar-refractivity contribution < 1.29 is 22.4 Å². The van der Waals surface area contributed by atoms with Crippen molar-refractivity contribution in [1.82, 2.24) is 4.98 Å². The van der Waals surface area contributed by atoms with Gasteiger partial charge in [0.2, 0.25) is 11.7 Å². The summed E-state index contributed by atoms with van der Waals surface area (Å²) < 4.78 is 37.3. The highest BCUT2D eigenvalue weighted by atomic mass is 35.5. The van der Waals surface area contributed by atoms with Crippen LogP contribution in [-0.4, -0.2) is 30.8 Å². The quantitative estimate of drug-likeness (QED) is 0.284. The molecule has 10 heteroatoms. The van der Waals surface area contributed by atoms with Crippen molar-refractivity contribution >= 4 is 49.6 Å². The van der Waals surface area contributed by atoms with Crippen LogP contribution in [0.3, 0.4) is 0 Å². The molecule has 184 valence electrons. The summed E-state index contributed by atoms with van der Waals surface area (Å²) in [4.78, 5) is 30.9. The van der Waals surface area contributed by atoms with Gasteiger partial charge in [0.25, 0.3) is 0 Å². The predicted molar refractivity (Wildman–Crippen MR) is 139 cm³/mol. The maximum atomic E-state index is 13.4. The normalized spacial score (nSPS) is 11.3. The molecule has 3 aromatic carbocycles. The molecule has 1 aromatic heterocycles. The number of sulfone groups is 1. The number of hydrogen-bond donors (Lipinski definition) is 1. The van der Waals surface area contributed by atoms with E-state index in [4.69, 9.17) is 11.6 Å². The van der Waals surface area contributed by atoms with Crippen LogP contribution in [0, 0.1) is 5.82 Å². The molecule has 1 heterocycles. The number of nitrogens with one attached hydrogen (secondary N) is 1. The summed E-state index contributed by atoms with van der Waals surface area (Å²) in [6.07, 6.45) is -0.0141. The maximum Gasteiger partial charge on any atom is 0.230 e. The Morgan fingerprint density at radius 1 is 1.03 bits per heavy atom. The Hall–Kier alpha value is -3.40. The highest BCUT2D eigenvalue weighted by Crippen LogP contribution is 2.34. The van der Waals surface area contributed by atoms with Gasteiger partial charge in [0.1, 0.15) is 10.7 Å². The number of hydrogen-bond acceptors (Lipinski definition) is 6. The number of nitrogens with zero attached hydrogens (tertiary/aromatic N) is 1. The van der Waals surface area contributed by atoms with Crippen LogP contribution in [0.5, 0.6) is 0 Å². The lowest BCUT2D eigenvalue weighted by atomic mass is 10.1. The van der Waals surface area contributed by atoms with Gasteiger partial charge in [0.15, 0.2) is 15.0 Å². The molecule has 0 aliphatic carbocycles. The summed E-state index contributed by atoms with van der Waals surface area (Å²) >= 11 is 7.14. The first kappa shape index (κ1) is 25.7. The fourth-order valence-corrected chi connectivity index (χ4v) is 5.46. The Balaban J connectivity index is 1.60. The van der Waals surface area contributed by atoms with Gasteiger partial charge in [0.05, 0.1) is 22.8 Å². The molecule has 0 bridgehead atoms. The standard InChI is InChI=1S/C26H20ClFN2O4S2/c1-2-36(33,34)21-12-6-16(7-13-21)14-22(31)29-26-30-23(18-4-3-5-19(27)15-18)25(35-26)24(32)17-8-10-20(28)11-9-17/h3-13,15H,2,14H2,1H3,(H,29,30,31). The molecular formula is C26H20ClFN2O4S2. The van der Waals surface area contributed by atoms with Gasteiger partial charge in [-0.15, -0.1) is 0 Å². The molecule has 0 unspecified atom stereocenters. The average molecular weight is 543 g/mol. The third kappa shape index (κ3) is 5.87. The molecule has 0 saturated heterocycles. The van der Waals surface area contributed by atoms with Gasteiger partial charge in [-0.2, -0.15) is 0 Å². The summed E-state index contributed by atoms with van der Waals surface area (Å²) in [5, 5.41) is 3.38. The SMILES string of the molecule is CCS(=O)(=O)c1ccc(CC(=O)Nc2nc(-c3cccc(Cl)c3)c(C(=O)c3ccc(F)cc3)s2)cc1. The average Bonchev–Trinajstić information content (AvgIpc) is 3.28. The van der Waals surface area contributed by atoms with Crippen molar-refractivity contribution in [2.24, 2.45) is 0 Å². The van der Waals surface area contributed by atoms with Gasteiger partial charge < -0.3 is 5.32 Å². The second-order valence-corrected chi connectivity index (χ2v) is 11.5.